The molecule has 1 aromatic carbocycles. The van der Waals surface area contributed by atoms with Crippen LogP contribution in [0.4, 0.5) is 0 Å². The molecule has 3 rings (SSSR count). The molecule has 12 nitrogen and oxygen atoms in total. The number of fused-ring (bicyclic) bond motifs is 1. The lowest BCUT2D eigenvalue weighted by Gasteiger charge is -2.39. The third kappa shape index (κ3) is 5.44. The number of carbonyl (C=O) groups is 4. The number of aromatic carboxylic acids is 1. The summed E-state index contributed by atoms with van der Waals surface area (Å²) in [5.41, 5.74) is 5.48. The average Bonchev–Trinajstić information content (AvgIpc) is 2.64. The fourth-order valence-electron chi connectivity index (χ4n) is 3.46. The van der Waals surface area contributed by atoms with Gasteiger partial charge in [0.2, 0.25) is 11.8 Å². The monoisotopic (exact) mass is 435 g/mol. The molecule has 1 atom stereocenters. The Morgan fingerprint density at radius 3 is 2.61 bits per heavy atom. The number of hydrogen-bond acceptors (Lipinski definition) is 8. The van der Waals surface area contributed by atoms with Gasteiger partial charge in [-0.25, -0.2) is 9.59 Å². The largest absolute Gasteiger partial charge is 0.535 e. The van der Waals surface area contributed by atoms with E-state index in [0.717, 1.165) is 0 Å². The third-order valence-corrected chi connectivity index (χ3v) is 4.95. The molecular weight excluding hydrogens is 413 g/mol. The lowest BCUT2D eigenvalue weighted by atomic mass is 9.78. The van der Waals surface area contributed by atoms with Crippen LogP contribution in [0.25, 0.3) is 0 Å². The molecular formula is C18H22BN3O9. The van der Waals surface area contributed by atoms with Gasteiger partial charge in [0.15, 0.2) is 0 Å². The number of carboxylic acids is 2. The van der Waals surface area contributed by atoms with Crippen LogP contribution in [0.3, 0.4) is 0 Å². The van der Waals surface area contributed by atoms with Crippen LogP contribution in [0.5, 0.6) is 11.5 Å². The molecule has 166 valence electrons. The first-order valence-electron chi connectivity index (χ1n) is 9.57. The number of carboxylic acid groups (broad SMARTS) is 2. The van der Waals surface area contributed by atoms with Gasteiger partial charge in [0.05, 0.1) is 13.0 Å². The van der Waals surface area contributed by atoms with Crippen LogP contribution in [-0.2, 0) is 20.8 Å². The van der Waals surface area contributed by atoms with E-state index in [9.17, 15) is 29.3 Å². The molecule has 2 aliphatic heterocycles. The van der Waals surface area contributed by atoms with Crippen molar-refractivity contribution in [1.29, 1.82) is 0 Å². The van der Waals surface area contributed by atoms with Crippen molar-refractivity contribution in [3.8, 4) is 11.5 Å². The summed E-state index contributed by atoms with van der Waals surface area (Å²) in [6, 6.07) is 1.83. The fraction of sp³-hybridized carbons (Fsp3) is 0.444. The topological polar surface area (TPSA) is 189 Å². The van der Waals surface area contributed by atoms with Crippen LogP contribution in [0.15, 0.2) is 12.1 Å². The van der Waals surface area contributed by atoms with Crippen molar-refractivity contribution in [2.45, 2.75) is 31.3 Å². The Hall–Kier alpha value is -3.32. The Bertz CT molecular complexity index is 904. The highest BCUT2D eigenvalue weighted by molar-refractivity contribution is 6.44. The van der Waals surface area contributed by atoms with Gasteiger partial charge in [-0.2, -0.15) is 0 Å². The number of primary amides is 1. The van der Waals surface area contributed by atoms with Crippen LogP contribution >= 0.6 is 0 Å². The zero-order valence-corrected chi connectivity index (χ0v) is 16.4. The lowest BCUT2D eigenvalue weighted by molar-refractivity contribution is -0.143. The average molecular weight is 435 g/mol. The second-order valence-electron chi connectivity index (χ2n) is 7.41. The number of aryl methyl sites for hydroxylation is 1. The minimum atomic E-state index is -1.40. The van der Waals surface area contributed by atoms with Crippen molar-refractivity contribution in [2.24, 2.45) is 5.73 Å². The van der Waals surface area contributed by atoms with Crippen LogP contribution in [-0.4, -0.2) is 82.8 Å². The van der Waals surface area contributed by atoms with Gasteiger partial charge in [0.1, 0.15) is 29.2 Å². The summed E-state index contributed by atoms with van der Waals surface area (Å²) in [7, 11) is -1.08. The molecule has 0 radical (unpaired) electrons. The van der Waals surface area contributed by atoms with E-state index >= 15 is 0 Å². The van der Waals surface area contributed by atoms with E-state index in [0.29, 0.717) is 31.4 Å². The number of hydrogen-bond donors (Lipinski definition) is 5. The predicted molar refractivity (Wildman–Crippen MR) is 105 cm³/mol. The number of carbonyl (C=O) groups excluding carboxylic acids is 2. The zero-order chi connectivity index (χ0) is 22.7. The van der Waals surface area contributed by atoms with Crippen molar-refractivity contribution in [3.05, 3.63) is 23.3 Å². The number of nitrogens with two attached hydrogens (primary N) is 1. The summed E-state index contributed by atoms with van der Waals surface area (Å²) in [4.78, 5) is 47.4. The first kappa shape index (κ1) is 22.4. The SMILES string of the molecule is NC(=O)C[C@@H](NC(=O)CN1CC(Oc2ccc3c(c2C(=O)O)OB(O)CC3)C1)C(=O)O. The molecule has 0 saturated carbocycles. The summed E-state index contributed by atoms with van der Waals surface area (Å²) < 4.78 is 11.1. The second kappa shape index (κ2) is 9.22. The minimum Gasteiger partial charge on any atom is -0.535 e. The number of aliphatic carboxylic acids is 1. The summed E-state index contributed by atoms with van der Waals surface area (Å²) in [5, 5.41) is 30.5. The number of nitrogens with zero attached hydrogens (tertiary/aromatic N) is 1. The molecule has 2 aliphatic rings. The van der Waals surface area contributed by atoms with Crippen molar-refractivity contribution < 1.29 is 43.8 Å². The molecule has 0 bridgehead atoms. The van der Waals surface area contributed by atoms with E-state index < -0.39 is 49.4 Å². The lowest BCUT2D eigenvalue weighted by Crippen LogP contribution is -2.57. The Balaban J connectivity index is 1.56. The predicted octanol–water partition coefficient (Wildman–Crippen LogP) is -1.69. The van der Waals surface area contributed by atoms with Crippen molar-refractivity contribution >= 4 is 30.9 Å². The highest BCUT2D eigenvalue weighted by Crippen LogP contribution is 2.37. The third-order valence-electron chi connectivity index (χ3n) is 4.95. The van der Waals surface area contributed by atoms with Crippen LogP contribution in [0.2, 0.25) is 6.32 Å². The van der Waals surface area contributed by atoms with E-state index in [2.05, 4.69) is 5.32 Å². The summed E-state index contributed by atoms with van der Waals surface area (Å²) in [6.07, 6.45) is -0.0527. The quantitative estimate of drug-likeness (QED) is 0.280. The molecule has 2 amide bonds. The molecule has 2 heterocycles. The fourth-order valence-corrected chi connectivity index (χ4v) is 3.46. The van der Waals surface area contributed by atoms with Crippen molar-refractivity contribution in [1.82, 2.24) is 10.2 Å². The van der Waals surface area contributed by atoms with Gasteiger partial charge in [0.25, 0.3) is 0 Å². The van der Waals surface area contributed by atoms with Crippen molar-refractivity contribution in [2.75, 3.05) is 19.6 Å². The number of likely N-dealkylation sites (tertiary alicyclic amines) is 1. The normalized spacial score (nSPS) is 17.0. The number of ether oxygens (including phenoxy) is 1. The Morgan fingerprint density at radius 1 is 1.29 bits per heavy atom. The Labute approximate surface area is 177 Å². The van der Waals surface area contributed by atoms with Crippen LogP contribution in [0.1, 0.15) is 22.3 Å². The van der Waals surface area contributed by atoms with Crippen LogP contribution in [0, 0.1) is 0 Å². The molecule has 1 saturated heterocycles. The maximum Gasteiger partial charge on any atom is 0.522 e. The van der Waals surface area contributed by atoms with E-state index in [1.165, 1.54) is 0 Å². The maximum atomic E-state index is 12.0. The van der Waals surface area contributed by atoms with Gasteiger partial charge in [-0.15, -0.1) is 0 Å². The first-order valence-corrected chi connectivity index (χ1v) is 9.57. The second-order valence-corrected chi connectivity index (χ2v) is 7.41. The Kier molecular flexibility index (Phi) is 6.66. The maximum absolute atomic E-state index is 12.0. The minimum absolute atomic E-state index is 0.0912. The van der Waals surface area contributed by atoms with Gasteiger partial charge in [-0.1, -0.05) is 6.07 Å². The molecule has 0 unspecified atom stereocenters. The molecule has 0 aliphatic carbocycles. The molecule has 31 heavy (non-hydrogen) atoms. The van der Waals surface area contributed by atoms with E-state index in [1.807, 2.05) is 0 Å². The highest BCUT2D eigenvalue weighted by atomic mass is 16.5. The standard InChI is InChI=1S/C18H22BN3O9/c20-13(23)5-11(17(25)26)21-14(24)8-22-6-10(7-22)30-12-2-1-9-3-4-19(29)31-16(9)15(12)18(27)28/h1-2,10-11,29H,3-8H2,(H2,20,23)(H,21,24)(H,25,26)(H,27,28)/t11-/m1/s1. The zero-order valence-electron chi connectivity index (χ0n) is 16.4. The van der Waals surface area contributed by atoms with Gasteiger partial charge >= 0.3 is 19.1 Å². The summed E-state index contributed by atoms with van der Waals surface area (Å²) in [6.45, 7) is 0.495. The molecule has 1 aromatic rings. The number of nitrogens with one attached hydrogen (secondary N) is 1. The highest BCUT2D eigenvalue weighted by Gasteiger charge is 2.34. The molecule has 0 spiro atoms. The van der Waals surface area contributed by atoms with Gasteiger partial charge in [-0.05, 0) is 24.4 Å². The number of benzene rings is 1. The van der Waals surface area contributed by atoms with Crippen molar-refractivity contribution in [3.63, 3.8) is 0 Å². The summed E-state index contributed by atoms with van der Waals surface area (Å²) in [5.74, 6) is -3.85. The molecule has 6 N–H and O–H groups in total. The van der Waals surface area contributed by atoms with E-state index in [4.69, 9.17) is 20.2 Å². The summed E-state index contributed by atoms with van der Waals surface area (Å²) >= 11 is 0. The van der Waals surface area contributed by atoms with E-state index in [1.54, 1.807) is 17.0 Å². The van der Waals surface area contributed by atoms with Gasteiger partial charge in [0, 0.05) is 13.1 Å². The van der Waals surface area contributed by atoms with Gasteiger partial charge in [-0.3, -0.25) is 14.5 Å². The smallest absolute Gasteiger partial charge is 0.522 e. The molecule has 0 aromatic heterocycles. The number of rotatable bonds is 9. The number of amides is 2. The molecule has 13 heteroatoms. The van der Waals surface area contributed by atoms with Crippen LogP contribution < -0.4 is 20.4 Å². The molecule has 1 fully saturated rings. The first-order chi connectivity index (χ1) is 14.6. The van der Waals surface area contributed by atoms with Gasteiger partial charge < -0.3 is 35.7 Å². The Morgan fingerprint density at radius 2 is 2.00 bits per heavy atom. The van der Waals surface area contributed by atoms with E-state index in [-0.39, 0.29) is 23.6 Å².